The van der Waals surface area contributed by atoms with Gasteiger partial charge in [0.05, 0.1) is 5.02 Å². The molecule has 0 radical (unpaired) electrons. The molecule has 0 amide bonds. The van der Waals surface area contributed by atoms with Gasteiger partial charge in [-0.15, -0.1) is 0 Å². The quantitative estimate of drug-likeness (QED) is 0.919. The fraction of sp³-hybridized carbons (Fsp3) is 0.667. The highest BCUT2D eigenvalue weighted by Gasteiger charge is 2.33. The molecule has 19 heavy (non-hydrogen) atoms. The number of rotatable bonds is 4. The van der Waals surface area contributed by atoms with E-state index in [0.717, 1.165) is 37.5 Å². The SMILES string of the molecule is CCC1CNC(C)(CC)CN1Cc1ccncc1Cl. The van der Waals surface area contributed by atoms with Crippen molar-refractivity contribution < 1.29 is 0 Å². The molecule has 1 aliphatic heterocycles. The Labute approximate surface area is 121 Å². The highest BCUT2D eigenvalue weighted by molar-refractivity contribution is 6.31. The molecule has 2 atom stereocenters. The summed E-state index contributed by atoms with van der Waals surface area (Å²) in [6, 6.07) is 2.62. The molecule has 2 heterocycles. The van der Waals surface area contributed by atoms with E-state index in [1.165, 1.54) is 5.56 Å². The van der Waals surface area contributed by atoms with E-state index in [9.17, 15) is 0 Å². The van der Waals surface area contributed by atoms with Crippen LogP contribution in [0.1, 0.15) is 39.2 Å². The number of aromatic nitrogens is 1. The standard InChI is InChI=1S/C15H24ClN3/c1-4-13-8-18-15(3,5-2)11-19(13)10-12-6-7-17-9-14(12)16/h6-7,9,13,18H,4-5,8,10-11H2,1-3H3. The molecule has 0 bridgehead atoms. The molecule has 1 aromatic rings. The predicted molar refractivity (Wildman–Crippen MR) is 80.4 cm³/mol. The van der Waals surface area contributed by atoms with E-state index in [4.69, 9.17) is 11.6 Å². The van der Waals surface area contributed by atoms with Crippen LogP contribution in [0.3, 0.4) is 0 Å². The van der Waals surface area contributed by atoms with Crippen molar-refractivity contribution in [3.63, 3.8) is 0 Å². The number of hydrogen-bond donors (Lipinski definition) is 1. The second-order valence-corrected chi connectivity index (χ2v) is 6.14. The van der Waals surface area contributed by atoms with E-state index in [1.54, 1.807) is 6.20 Å². The summed E-state index contributed by atoms with van der Waals surface area (Å²) in [4.78, 5) is 6.62. The molecule has 1 fully saturated rings. The van der Waals surface area contributed by atoms with Crippen LogP contribution in [-0.4, -0.2) is 34.6 Å². The molecule has 0 aliphatic carbocycles. The number of halogens is 1. The summed E-state index contributed by atoms with van der Waals surface area (Å²) < 4.78 is 0. The zero-order valence-corrected chi connectivity index (χ0v) is 12.9. The van der Waals surface area contributed by atoms with Gasteiger partial charge in [0.2, 0.25) is 0 Å². The Bertz CT molecular complexity index is 424. The Balaban J connectivity index is 2.13. The normalized spacial score (nSPS) is 28.5. The lowest BCUT2D eigenvalue weighted by atomic mass is 9.92. The molecule has 3 nitrogen and oxygen atoms in total. The van der Waals surface area contributed by atoms with Crippen LogP contribution in [-0.2, 0) is 6.54 Å². The van der Waals surface area contributed by atoms with Crippen LogP contribution >= 0.6 is 11.6 Å². The average Bonchev–Trinajstić information content (AvgIpc) is 2.42. The minimum atomic E-state index is 0.213. The van der Waals surface area contributed by atoms with Gasteiger partial charge in [0.15, 0.2) is 0 Å². The van der Waals surface area contributed by atoms with Crippen molar-refractivity contribution in [1.82, 2.24) is 15.2 Å². The fourth-order valence-electron chi connectivity index (χ4n) is 2.70. The number of pyridine rings is 1. The molecule has 1 aromatic heterocycles. The first kappa shape index (κ1) is 14.8. The first-order chi connectivity index (χ1) is 9.08. The van der Waals surface area contributed by atoms with Gasteiger partial charge in [-0.1, -0.05) is 25.4 Å². The Morgan fingerprint density at radius 1 is 1.53 bits per heavy atom. The lowest BCUT2D eigenvalue weighted by molar-refractivity contribution is 0.0755. The van der Waals surface area contributed by atoms with Crippen LogP contribution in [0.15, 0.2) is 18.5 Å². The first-order valence-electron chi connectivity index (χ1n) is 7.15. The van der Waals surface area contributed by atoms with Crippen LogP contribution in [0.25, 0.3) is 0 Å². The molecule has 2 unspecified atom stereocenters. The van der Waals surface area contributed by atoms with Crippen LogP contribution in [0.4, 0.5) is 0 Å². The molecule has 106 valence electrons. The van der Waals surface area contributed by atoms with Gasteiger partial charge in [0.1, 0.15) is 0 Å². The Morgan fingerprint density at radius 2 is 2.32 bits per heavy atom. The zero-order valence-electron chi connectivity index (χ0n) is 12.1. The number of piperazine rings is 1. The smallest absolute Gasteiger partial charge is 0.0634 e. The van der Waals surface area contributed by atoms with Crippen LogP contribution in [0, 0.1) is 0 Å². The van der Waals surface area contributed by atoms with Gasteiger partial charge < -0.3 is 5.32 Å². The van der Waals surface area contributed by atoms with Crippen LogP contribution < -0.4 is 5.32 Å². The second kappa shape index (κ2) is 6.21. The minimum Gasteiger partial charge on any atom is -0.309 e. The third kappa shape index (κ3) is 3.47. The third-order valence-corrected chi connectivity index (χ3v) is 4.65. The number of nitrogens with zero attached hydrogens (tertiary/aromatic N) is 2. The van der Waals surface area contributed by atoms with Crippen molar-refractivity contribution in [2.24, 2.45) is 0 Å². The van der Waals surface area contributed by atoms with Gasteiger partial charge in [-0.2, -0.15) is 0 Å². The fourth-order valence-corrected chi connectivity index (χ4v) is 2.88. The number of nitrogens with one attached hydrogen (secondary N) is 1. The zero-order chi connectivity index (χ0) is 13.9. The molecular weight excluding hydrogens is 258 g/mol. The van der Waals surface area contributed by atoms with Gasteiger partial charge in [0.25, 0.3) is 0 Å². The van der Waals surface area contributed by atoms with Gasteiger partial charge in [-0.25, -0.2) is 0 Å². The Hall–Kier alpha value is -0.640. The maximum Gasteiger partial charge on any atom is 0.0634 e. The lowest BCUT2D eigenvalue weighted by Gasteiger charge is -2.46. The lowest BCUT2D eigenvalue weighted by Crippen LogP contribution is -2.62. The van der Waals surface area contributed by atoms with Crippen LogP contribution in [0.2, 0.25) is 5.02 Å². The largest absolute Gasteiger partial charge is 0.309 e. The summed E-state index contributed by atoms with van der Waals surface area (Å²) in [6.07, 6.45) is 5.86. The first-order valence-corrected chi connectivity index (χ1v) is 7.53. The molecule has 1 aliphatic rings. The highest BCUT2D eigenvalue weighted by Crippen LogP contribution is 2.24. The molecule has 1 saturated heterocycles. The maximum absolute atomic E-state index is 6.23. The van der Waals surface area contributed by atoms with Crippen molar-refractivity contribution in [1.29, 1.82) is 0 Å². The van der Waals surface area contributed by atoms with Crippen molar-refractivity contribution in [2.75, 3.05) is 13.1 Å². The second-order valence-electron chi connectivity index (χ2n) is 5.73. The molecular formula is C15H24ClN3. The van der Waals surface area contributed by atoms with Gasteiger partial charge in [-0.3, -0.25) is 9.88 Å². The molecule has 1 N–H and O–H groups in total. The maximum atomic E-state index is 6.23. The van der Waals surface area contributed by atoms with Crippen molar-refractivity contribution in [3.8, 4) is 0 Å². The Morgan fingerprint density at radius 3 is 2.95 bits per heavy atom. The third-order valence-electron chi connectivity index (χ3n) is 4.31. The van der Waals surface area contributed by atoms with E-state index in [0.29, 0.717) is 6.04 Å². The molecule has 0 aromatic carbocycles. The molecule has 0 spiro atoms. The van der Waals surface area contributed by atoms with Crippen molar-refractivity contribution >= 4 is 11.6 Å². The summed E-state index contributed by atoms with van der Waals surface area (Å²) in [5, 5.41) is 4.46. The Kier molecular flexibility index (Phi) is 4.82. The minimum absolute atomic E-state index is 0.213. The van der Waals surface area contributed by atoms with Gasteiger partial charge >= 0.3 is 0 Å². The van der Waals surface area contributed by atoms with Gasteiger partial charge in [0, 0.05) is 43.6 Å². The van der Waals surface area contributed by atoms with E-state index < -0.39 is 0 Å². The van der Waals surface area contributed by atoms with Gasteiger partial charge in [-0.05, 0) is 31.4 Å². The van der Waals surface area contributed by atoms with E-state index in [2.05, 4.69) is 36.0 Å². The monoisotopic (exact) mass is 281 g/mol. The van der Waals surface area contributed by atoms with Crippen molar-refractivity contribution in [2.45, 2.75) is 51.7 Å². The highest BCUT2D eigenvalue weighted by atomic mass is 35.5. The summed E-state index contributed by atoms with van der Waals surface area (Å²) >= 11 is 6.23. The molecule has 2 rings (SSSR count). The summed E-state index contributed by atoms with van der Waals surface area (Å²) in [5.41, 5.74) is 1.39. The van der Waals surface area contributed by atoms with E-state index in [-0.39, 0.29) is 5.54 Å². The number of hydrogen-bond acceptors (Lipinski definition) is 3. The average molecular weight is 282 g/mol. The van der Waals surface area contributed by atoms with Crippen LogP contribution in [0.5, 0.6) is 0 Å². The van der Waals surface area contributed by atoms with Crippen molar-refractivity contribution in [3.05, 3.63) is 29.0 Å². The summed E-state index contributed by atoms with van der Waals surface area (Å²) in [7, 11) is 0. The summed E-state index contributed by atoms with van der Waals surface area (Å²) in [6.45, 7) is 9.85. The predicted octanol–water partition coefficient (Wildman–Crippen LogP) is 3.09. The topological polar surface area (TPSA) is 28.2 Å². The summed E-state index contributed by atoms with van der Waals surface area (Å²) in [5.74, 6) is 0. The van der Waals surface area contributed by atoms with E-state index >= 15 is 0 Å². The molecule has 4 heteroatoms. The van der Waals surface area contributed by atoms with E-state index in [1.807, 2.05) is 12.3 Å². The molecule has 0 saturated carbocycles.